The number of hydrogen-bond acceptors (Lipinski definition) is 5. The van der Waals surface area contributed by atoms with Gasteiger partial charge in [-0.3, -0.25) is 4.57 Å². The summed E-state index contributed by atoms with van der Waals surface area (Å²) in [6.07, 6.45) is 21.1. The number of aliphatic carboxylic acids is 1. The van der Waals surface area contributed by atoms with Crippen LogP contribution in [0.5, 0.6) is 0 Å². The Morgan fingerprint density at radius 3 is 1.83 bits per heavy atom. The van der Waals surface area contributed by atoms with Crippen molar-refractivity contribution in [3.63, 3.8) is 0 Å². The van der Waals surface area contributed by atoms with E-state index in [1.54, 1.807) is 0 Å². The molecule has 0 aliphatic heterocycles. The molecular formula is C28H55O5PS. The molecule has 0 saturated carbocycles. The van der Waals surface area contributed by atoms with Crippen LogP contribution >= 0.6 is 20.2 Å². The van der Waals surface area contributed by atoms with E-state index in [1.807, 2.05) is 25.6 Å². The van der Waals surface area contributed by atoms with E-state index >= 15 is 0 Å². The molecule has 208 valence electrons. The third kappa shape index (κ3) is 17.8. The standard InChI is InChI=1S/C28H55O5PS/c1-5-8-10-12-14-15-16-18-20-23-35-26(21-19-17-13-11-9-6-2)25(4)32-24-28(34-31,27(29)30)33-22-7-3/h25-26H,5-24H2,1-4H3,(H,29,30). The van der Waals surface area contributed by atoms with E-state index in [4.69, 9.17) is 9.47 Å². The largest absolute Gasteiger partial charge is 0.478 e. The summed E-state index contributed by atoms with van der Waals surface area (Å²) < 4.78 is 23.2. The molecule has 0 bridgehead atoms. The lowest BCUT2D eigenvalue weighted by Crippen LogP contribution is -2.43. The van der Waals surface area contributed by atoms with E-state index in [1.165, 1.54) is 96.3 Å². The number of hydrogen-bond donors (Lipinski definition) is 1. The van der Waals surface area contributed by atoms with Gasteiger partial charge in [0.05, 0.1) is 12.7 Å². The maximum atomic E-state index is 11.8. The van der Waals surface area contributed by atoms with Crippen LogP contribution in [0.1, 0.15) is 137 Å². The average Bonchev–Trinajstić information content (AvgIpc) is 2.85. The molecule has 0 aliphatic carbocycles. The number of rotatable bonds is 27. The van der Waals surface area contributed by atoms with Gasteiger partial charge in [-0.1, -0.05) is 111 Å². The van der Waals surface area contributed by atoms with Gasteiger partial charge in [-0.15, -0.1) is 0 Å². The van der Waals surface area contributed by atoms with E-state index in [0.717, 1.165) is 12.2 Å². The van der Waals surface area contributed by atoms with Gasteiger partial charge in [0, 0.05) is 11.9 Å². The van der Waals surface area contributed by atoms with Crippen molar-refractivity contribution < 1.29 is 23.9 Å². The van der Waals surface area contributed by atoms with Gasteiger partial charge >= 0.3 is 5.97 Å². The molecule has 35 heavy (non-hydrogen) atoms. The smallest absolute Gasteiger partial charge is 0.350 e. The van der Waals surface area contributed by atoms with Crippen LogP contribution < -0.4 is 0 Å². The van der Waals surface area contributed by atoms with Gasteiger partial charge in [0.2, 0.25) is 8.46 Å². The summed E-state index contributed by atoms with van der Waals surface area (Å²) in [5, 5.41) is 8.14. The summed E-state index contributed by atoms with van der Waals surface area (Å²) in [7, 11) is -0.561. The van der Waals surface area contributed by atoms with Crippen molar-refractivity contribution in [1.29, 1.82) is 0 Å². The third-order valence-corrected chi connectivity index (χ3v) is 8.83. The second-order valence-corrected chi connectivity index (χ2v) is 12.1. The van der Waals surface area contributed by atoms with E-state index in [2.05, 4.69) is 13.8 Å². The molecule has 0 heterocycles. The molecule has 0 spiro atoms. The van der Waals surface area contributed by atoms with E-state index in [9.17, 15) is 14.5 Å². The molecule has 0 aromatic carbocycles. The van der Waals surface area contributed by atoms with Crippen LogP contribution in [0.4, 0.5) is 0 Å². The monoisotopic (exact) mass is 534 g/mol. The van der Waals surface area contributed by atoms with Gasteiger partial charge in [-0.05, 0) is 31.9 Å². The minimum absolute atomic E-state index is 0.111. The Balaban J connectivity index is 4.59. The first kappa shape index (κ1) is 34.8. The number of carboxylic acid groups (broad SMARTS) is 1. The maximum Gasteiger partial charge on any atom is 0.350 e. The van der Waals surface area contributed by atoms with Gasteiger partial charge in [-0.2, -0.15) is 11.8 Å². The van der Waals surface area contributed by atoms with Crippen LogP contribution in [0.15, 0.2) is 0 Å². The van der Waals surface area contributed by atoms with Gasteiger partial charge in [0.25, 0.3) is 5.34 Å². The Bertz CT molecular complexity index is 508. The molecule has 0 aromatic rings. The molecule has 7 heteroatoms. The first-order valence-corrected chi connectivity index (χ1v) is 16.3. The summed E-state index contributed by atoms with van der Waals surface area (Å²) in [5.74, 6) is -0.120. The highest BCUT2D eigenvalue weighted by molar-refractivity contribution is 7.99. The van der Waals surface area contributed by atoms with Crippen LogP contribution in [0, 0.1) is 0 Å². The van der Waals surface area contributed by atoms with Crippen molar-refractivity contribution >= 4 is 26.2 Å². The Morgan fingerprint density at radius 1 is 0.829 bits per heavy atom. The fourth-order valence-electron chi connectivity index (χ4n) is 4.11. The zero-order valence-electron chi connectivity index (χ0n) is 23.2. The second kappa shape index (κ2) is 24.2. The van der Waals surface area contributed by atoms with E-state index in [0.29, 0.717) is 11.7 Å². The lowest BCUT2D eigenvalue weighted by molar-refractivity contribution is -0.162. The molecule has 5 nitrogen and oxygen atoms in total. The summed E-state index contributed by atoms with van der Waals surface area (Å²) in [4.78, 5) is 11.8. The van der Waals surface area contributed by atoms with Crippen LogP contribution in [-0.4, -0.2) is 46.7 Å². The van der Waals surface area contributed by atoms with Crippen molar-refractivity contribution in [3.8, 4) is 0 Å². The van der Waals surface area contributed by atoms with Crippen LogP contribution in [0.2, 0.25) is 0 Å². The quantitative estimate of drug-likeness (QED) is 0.0836. The molecule has 0 aliphatic rings. The minimum atomic E-state index is -1.81. The number of carbonyl (C=O) groups is 1. The first-order valence-electron chi connectivity index (χ1n) is 14.4. The molecule has 3 unspecified atom stereocenters. The number of ether oxygens (including phenoxy) is 2. The highest BCUT2D eigenvalue weighted by atomic mass is 32.2. The van der Waals surface area contributed by atoms with Gasteiger partial charge < -0.3 is 14.6 Å². The highest BCUT2D eigenvalue weighted by Gasteiger charge is 2.42. The average molecular weight is 535 g/mol. The number of carboxylic acids is 1. The summed E-state index contributed by atoms with van der Waals surface area (Å²) in [6.45, 7) is 8.47. The molecule has 0 aromatic heterocycles. The lowest BCUT2D eigenvalue weighted by atomic mass is 10.1. The predicted molar refractivity (Wildman–Crippen MR) is 151 cm³/mol. The predicted octanol–water partition coefficient (Wildman–Crippen LogP) is 9.27. The normalized spacial score (nSPS) is 15.2. The molecule has 0 rings (SSSR count). The highest BCUT2D eigenvalue weighted by Crippen LogP contribution is 2.30. The Labute approximate surface area is 222 Å². The van der Waals surface area contributed by atoms with Crippen molar-refractivity contribution in [1.82, 2.24) is 0 Å². The molecule has 0 amide bonds. The van der Waals surface area contributed by atoms with Gasteiger partial charge in [0.15, 0.2) is 0 Å². The molecule has 0 radical (unpaired) electrons. The van der Waals surface area contributed by atoms with Gasteiger partial charge in [0.1, 0.15) is 0 Å². The van der Waals surface area contributed by atoms with Crippen molar-refractivity contribution in [2.45, 2.75) is 154 Å². The van der Waals surface area contributed by atoms with Crippen molar-refractivity contribution in [2.75, 3.05) is 19.0 Å². The molecule has 0 fully saturated rings. The second-order valence-electron chi connectivity index (χ2n) is 9.84. The van der Waals surface area contributed by atoms with Crippen molar-refractivity contribution in [3.05, 3.63) is 0 Å². The molecule has 1 N–H and O–H groups in total. The molecular weight excluding hydrogens is 479 g/mol. The maximum absolute atomic E-state index is 11.8. The number of unbranched alkanes of at least 4 members (excludes halogenated alkanes) is 13. The fourth-order valence-corrected chi connectivity index (χ4v) is 5.81. The summed E-state index contributed by atoms with van der Waals surface area (Å²) >= 11 is 1.96. The Hall–Kier alpha value is -0.160. The fraction of sp³-hybridized carbons (Fsp3) is 0.964. The lowest BCUT2D eigenvalue weighted by Gasteiger charge is -2.28. The first-order chi connectivity index (χ1) is 17.0. The van der Waals surface area contributed by atoms with Gasteiger partial charge in [-0.25, -0.2) is 4.79 Å². The molecule has 0 saturated heterocycles. The Morgan fingerprint density at radius 2 is 1.34 bits per heavy atom. The van der Waals surface area contributed by atoms with Crippen molar-refractivity contribution in [2.24, 2.45) is 0 Å². The Kier molecular flexibility index (Phi) is 24.1. The van der Waals surface area contributed by atoms with E-state index < -0.39 is 19.8 Å². The number of thioether (sulfide) groups is 1. The minimum Gasteiger partial charge on any atom is -0.478 e. The molecule has 3 atom stereocenters. The summed E-state index contributed by atoms with van der Waals surface area (Å²) in [6, 6.07) is 0. The van der Waals surface area contributed by atoms with Crippen LogP contribution in [0.3, 0.4) is 0 Å². The van der Waals surface area contributed by atoms with E-state index in [-0.39, 0.29) is 19.3 Å². The SMILES string of the molecule is CCCCCCCCCCCSC(CCCCCCCC)C(C)OCC(OCCC)(P=O)C(=O)O. The zero-order valence-corrected chi connectivity index (χ0v) is 24.9. The van der Waals surface area contributed by atoms with Crippen LogP contribution in [-0.2, 0) is 18.8 Å². The topological polar surface area (TPSA) is 72.8 Å². The van der Waals surface area contributed by atoms with Crippen LogP contribution in [0.25, 0.3) is 0 Å². The summed E-state index contributed by atoms with van der Waals surface area (Å²) in [5.41, 5.74) is 0. The third-order valence-electron chi connectivity index (χ3n) is 6.51. The zero-order chi connectivity index (χ0) is 26.2.